The molecule has 0 radical (unpaired) electrons. The highest BCUT2D eigenvalue weighted by molar-refractivity contribution is 6.33. The van der Waals surface area contributed by atoms with Crippen molar-refractivity contribution in [2.24, 2.45) is 0 Å². The Kier molecular flexibility index (Phi) is 4.89. The van der Waals surface area contributed by atoms with Gasteiger partial charge in [0.15, 0.2) is 5.82 Å². The summed E-state index contributed by atoms with van der Waals surface area (Å²) in [6.45, 7) is 1.71. The Morgan fingerprint density at radius 1 is 1.24 bits per heavy atom. The number of halogens is 1. The van der Waals surface area contributed by atoms with Crippen molar-refractivity contribution in [2.45, 2.75) is 19.9 Å². The lowest BCUT2D eigenvalue weighted by Crippen LogP contribution is -2.19. The smallest absolute Gasteiger partial charge is 0.246 e. The van der Waals surface area contributed by atoms with Crippen molar-refractivity contribution >= 4 is 34.9 Å². The number of hydrogen-bond donors (Lipinski definition) is 2. The molecule has 0 atom stereocenters. The summed E-state index contributed by atoms with van der Waals surface area (Å²) in [5, 5.41) is 13.2. The number of hydrogen-bond acceptors (Lipinski definition) is 4. The third-order valence-electron chi connectivity index (χ3n) is 2.58. The molecular weight excluding hydrogens is 294 g/mol. The van der Waals surface area contributed by atoms with E-state index in [0.717, 1.165) is 0 Å². The van der Waals surface area contributed by atoms with Gasteiger partial charge < -0.3 is 10.6 Å². The van der Waals surface area contributed by atoms with Crippen LogP contribution in [-0.4, -0.2) is 26.8 Å². The highest BCUT2D eigenvalue weighted by Crippen LogP contribution is 2.20. The largest absolute Gasteiger partial charge is 0.323 e. The Labute approximate surface area is 126 Å². The fraction of sp³-hybridized carbons (Fsp3) is 0.231. The maximum Gasteiger partial charge on any atom is 0.246 e. The van der Waals surface area contributed by atoms with Crippen LogP contribution in [0.25, 0.3) is 0 Å². The van der Waals surface area contributed by atoms with E-state index in [1.54, 1.807) is 31.2 Å². The quantitative estimate of drug-likeness (QED) is 0.883. The van der Waals surface area contributed by atoms with Gasteiger partial charge in [0.25, 0.3) is 0 Å². The number of rotatable bonds is 5. The monoisotopic (exact) mass is 307 g/mol. The van der Waals surface area contributed by atoms with Crippen LogP contribution in [0.1, 0.15) is 13.3 Å². The van der Waals surface area contributed by atoms with Gasteiger partial charge in [-0.25, -0.2) is 4.68 Å². The van der Waals surface area contributed by atoms with Crippen LogP contribution in [0.4, 0.5) is 11.5 Å². The van der Waals surface area contributed by atoms with Gasteiger partial charge >= 0.3 is 0 Å². The standard InChI is InChI=1S/C13H14ClN5O2/c1-2-12(20)16-11-7-19(18-17-11)8-13(21)15-10-6-4-3-5-9(10)14/h3-7H,2,8H2,1H3,(H,15,21)(H,16,20). The van der Waals surface area contributed by atoms with Crippen molar-refractivity contribution in [1.29, 1.82) is 0 Å². The number of nitrogens with zero attached hydrogens (tertiary/aromatic N) is 3. The molecule has 110 valence electrons. The maximum absolute atomic E-state index is 11.9. The Hall–Kier alpha value is -2.41. The van der Waals surface area contributed by atoms with Crippen molar-refractivity contribution in [3.63, 3.8) is 0 Å². The summed E-state index contributed by atoms with van der Waals surface area (Å²) in [6.07, 6.45) is 1.83. The van der Waals surface area contributed by atoms with Crippen molar-refractivity contribution in [3.8, 4) is 0 Å². The molecule has 2 amide bonds. The minimum absolute atomic E-state index is 0.0276. The van der Waals surface area contributed by atoms with E-state index in [0.29, 0.717) is 22.9 Å². The summed E-state index contributed by atoms with van der Waals surface area (Å²) in [6, 6.07) is 6.94. The lowest BCUT2D eigenvalue weighted by atomic mass is 10.3. The first-order chi connectivity index (χ1) is 10.1. The number of para-hydroxylation sites is 1. The molecule has 2 rings (SSSR count). The SMILES string of the molecule is CCC(=O)Nc1cn(CC(=O)Nc2ccccc2Cl)nn1. The lowest BCUT2D eigenvalue weighted by Gasteiger charge is -2.06. The van der Waals surface area contributed by atoms with Crippen LogP contribution in [0.3, 0.4) is 0 Å². The van der Waals surface area contributed by atoms with E-state index in [4.69, 9.17) is 11.6 Å². The third-order valence-corrected chi connectivity index (χ3v) is 2.91. The first kappa shape index (κ1) is 15.0. The van der Waals surface area contributed by atoms with Gasteiger partial charge in [-0.05, 0) is 12.1 Å². The molecule has 0 aliphatic carbocycles. The van der Waals surface area contributed by atoms with Crippen molar-refractivity contribution in [2.75, 3.05) is 10.6 Å². The van der Waals surface area contributed by atoms with E-state index >= 15 is 0 Å². The molecule has 1 aromatic carbocycles. The van der Waals surface area contributed by atoms with Crippen molar-refractivity contribution in [1.82, 2.24) is 15.0 Å². The molecule has 8 heteroatoms. The molecular formula is C13H14ClN5O2. The number of carbonyl (C=O) groups is 2. The van der Waals surface area contributed by atoms with E-state index in [-0.39, 0.29) is 18.4 Å². The lowest BCUT2D eigenvalue weighted by molar-refractivity contribution is -0.117. The number of benzene rings is 1. The molecule has 0 aliphatic heterocycles. The average molecular weight is 308 g/mol. The number of amides is 2. The molecule has 7 nitrogen and oxygen atoms in total. The zero-order valence-corrected chi connectivity index (χ0v) is 12.1. The van der Waals surface area contributed by atoms with Crippen LogP contribution in [-0.2, 0) is 16.1 Å². The molecule has 0 fully saturated rings. The van der Waals surface area contributed by atoms with Gasteiger partial charge in [0.2, 0.25) is 11.8 Å². The van der Waals surface area contributed by atoms with Gasteiger partial charge in [0, 0.05) is 6.42 Å². The number of aromatic nitrogens is 3. The molecule has 0 spiro atoms. The zero-order valence-electron chi connectivity index (χ0n) is 11.3. The fourth-order valence-electron chi connectivity index (χ4n) is 1.56. The van der Waals surface area contributed by atoms with Crippen LogP contribution >= 0.6 is 11.6 Å². The fourth-order valence-corrected chi connectivity index (χ4v) is 1.75. The van der Waals surface area contributed by atoms with E-state index < -0.39 is 0 Å². The summed E-state index contributed by atoms with van der Waals surface area (Å²) in [5.74, 6) is -0.142. The molecule has 0 aliphatic rings. The van der Waals surface area contributed by atoms with E-state index in [2.05, 4.69) is 20.9 Å². The molecule has 1 heterocycles. The van der Waals surface area contributed by atoms with E-state index in [1.807, 2.05) is 0 Å². The van der Waals surface area contributed by atoms with Gasteiger partial charge in [-0.3, -0.25) is 9.59 Å². The Balaban J connectivity index is 1.94. The maximum atomic E-state index is 11.9. The first-order valence-electron chi connectivity index (χ1n) is 6.33. The van der Waals surface area contributed by atoms with Crippen LogP contribution in [0.15, 0.2) is 30.5 Å². The first-order valence-corrected chi connectivity index (χ1v) is 6.70. The van der Waals surface area contributed by atoms with Gasteiger partial charge in [-0.2, -0.15) is 0 Å². The van der Waals surface area contributed by atoms with Crippen LogP contribution < -0.4 is 10.6 Å². The highest BCUT2D eigenvalue weighted by atomic mass is 35.5. The Morgan fingerprint density at radius 3 is 2.71 bits per heavy atom. The summed E-state index contributed by atoms with van der Waals surface area (Å²) in [5.41, 5.74) is 0.531. The molecule has 2 aromatic rings. The predicted octanol–water partition coefficient (Wildman–Crippen LogP) is 1.92. The third kappa shape index (κ3) is 4.28. The molecule has 0 bridgehead atoms. The zero-order chi connectivity index (χ0) is 15.2. The van der Waals surface area contributed by atoms with Crippen LogP contribution in [0.2, 0.25) is 5.02 Å². The topological polar surface area (TPSA) is 88.9 Å². The van der Waals surface area contributed by atoms with Gasteiger partial charge in [-0.15, -0.1) is 5.10 Å². The minimum Gasteiger partial charge on any atom is -0.323 e. The molecule has 0 saturated heterocycles. The summed E-state index contributed by atoms with van der Waals surface area (Å²) >= 11 is 5.95. The molecule has 1 aromatic heterocycles. The summed E-state index contributed by atoms with van der Waals surface area (Å²) in [7, 11) is 0. The Bertz CT molecular complexity index is 656. The van der Waals surface area contributed by atoms with Gasteiger partial charge in [-0.1, -0.05) is 35.9 Å². The number of carbonyl (C=O) groups excluding carboxylic acids is 2. The van der Waals surface area contributed by atoms with E-state index in [9.17, 15) is 9.59 Å². The van der Waals surface area contributed by atoms with Crippen molar-refractivity contribution < 1.29 is 9.59 Å². The normalized spacial score (nSPS) is 10.2. The van der Waals surface area contributed by atoms with Crippen molar-refractivity contribution in [3.05, 3.63) is 35.5 Å². The minimum atomic E-state index is -0.290. The average Bonchev–Trinajstić information content (AvgIpc) is 2.88. The second-order valence-electron chi connectivity index (χ2n) is 4.23. The Morgan fingerprint density at radius 2 is 2.00 bits per heavy atom. The number of anilines is 2. The summed E-state index contributed by atoms with van der Waals surface area (Å²) < 4.78 is 1.33. The van der Waals surface area contributed by atoms with Crippen LogP contribution in [0, 0.1) is 0 Å². The summed E-state index contributed by atoms with van der Waals surface area (Å²) in [4.78, 5) is 23.1. The molecule has 0 saturated carbocycles. The second-order valence-corrected chi connectivity index (χ2v) is 4.64. The van der Waals surface area contributed by atoms with Gasteiger partial charge in [0.1, 0.15) is 6.54 Å². The molecule has 21 heavy (non-hydrogen) atoms. The van der Waals surface area contributed by atoms with Gasteiger partial charge in [0.05, 0.1) is 16.9 Å². The van der Waals surface area contributed by atoms with E-state index in [1.165, 1.54) is 10.9 Å². The molecule has 2 N–H and O–H groups in total. The highest BCUT2D eigenvalue weighted by Gasteiger charge is 2.09. The second kappa shape index (κ2) is 6.85. The molecule has 0 unspecified atom stereocenters. The predicted molar refractivity (Wildman–Crippen MR) is 79.0 cm³/mol. The van der Waals surface area contributed by atoms with Crippen LogP contribution in [0.5, 0.6) is 0 Å². The number of nitrogens with one attached hydrogen (secondary N) is 2.